The average molecular weight is 294 g/mol. The highest BCUT2D eigenvalue weighted by molar-refractivity contribution is 5.90. The second-order valence-corrected chi connectivity index (χ2v) is 5.50. The number of carbonyl (C=O) groups excluding carboxylic acids is 1. The van der Waals surface area contributed by atoms with Crippen LogP contribution in [0.1, 0.15) is 25.3 Å². The first-order valence-electron chi connectivity index (χ1n) is 6.93. The number of nitrogens with one attached hydrogen (secondary N) is 1. The van der Waals surface area contributed by atoms with Crippen molar-refractivity contribution >= 4 is 17.7 Å². The lowest BCUT2D eigenvalue weighted by Gasteiger charge is -2.23. The summed E-state index contributed by atoms with van der Waals surface area (Å²) in [5.74, 6) is -1.26. The highest BCUT2D eigenvalue weighted by Gasteiger charge is 2.44. The number of benzene rings is 1. The summed E-state index contributed by atoms with van der Waals surface area (Å²) in [6, 6.07) is 4.07. The molecule has 0 aliphatic carbocycles. The van der Waals surface area contributed by atoms with Crippen LogP contribution < -0.4 is 5.32 Å². The van der Waals surface area contributed by atoms with Crippen molar-refractivity contribution in [1.29, 1.82) is 0 Å². The number of hydrogen-bond acceptors (Lipinski definition) is 2. The topological polar surface area (TPSA) is 69.6 Å². The van der Waals surface area contributed by atoms with Crippen LogP contribution in [0.4, 0.5) is 14.9 Å². The summed E-state index contributed by atoms with van der Waals surface area (Å²) < 4.78 is 13.4. The van der Waals surface area contributed by atoms with Gasteiger partial charge >= 0.3 is 12.0 Å². The molecule has 0 aromatic heterocycles. The molecule has 1 saturated heterocycles. The van der Waals surface area contributed by atoms with Gasteiger partial charge in [0.15, 0.2) is 0 Å². The minimum atomic E-state index is -0.873. The molecule has 1 aliphatic heterocycles. The van der Waals surface area contributed by atoms with Gasteiger partial charge in [0, 0.05) is 18.8 Å². The van der Waals surface area contributed by atoms with Crippen LogP contribution in [0.5, 0.6) is 0 Å². The molecule has 2 amide bonds. The number of rotatable bonds is 3. The zero-order chi connectivity index (χ0) is 15.6. The summed E-state index contributed by atoms with van der Waals surface area (Å²) in [4.78, 5) is 25.0. The number of amides is 2. The highest BCUT2D eigenvalue weighted by atomic mass is 19.1. The standard InChI is InChI=1S/C15H19FN2O3/c1-3-15(13(19)20)6-7-18(9-15)14(21)17-11-5-4-10(2)12(16)8-11/h4-5,8H,3,6-7,9H2,1-2H3,(H,17,21)(H,19,20). The molecule has 1 aromatic carbocycles. The van der Waals surface area contributed by atoms with Crippen molar-refractivity contribution in [2.75, 3.05) is 18.4 Å². The molecule has 0 spiro atoms. The smallest absolute Gasteiger partial charge is 0.321 e. The Bertz CT molecular complexity index is 576. The Balaban J connectivity index is 2.05. The van der Waals surface area contributed by atoms with Gasteiger partial charge < -0.3 is 15.3 Å². The number of hydrogen-bond donors (Lipinski definition) is 2. The molecule has 1 fully saturated rings. The van der Waals surface area contributed by atoms with E-state index >= 15 is 0 Å². The van der Waals surface area contributed by atoms with Crippen molar-refractivity contribution in [3.05, 3.63) is 29.6 Å². The molecule has 1 heterocycles. The van der Waals surface area contributed by atoms with E-state index in [1.54, 1.807) is 19.1 Å². The minimum absolute atomic E-state index is 0.180. The molecule has 5 nitrogen and oxygen atoms in total. The van der Waals surface area contributed by atoms with Gasteiger partial charge in [-0.2, -0.15) is 0 Å². The maximum absolute atomic E-state index is 13.4. The third-order valence-corrected chi connectivity index (χ3v) is 4.19. The number of likely N-dealkylation sites (tertiary alicyclic amines) is 1. The molecule has 114 valence electrons. The second kappa shape index (κ2) is 5.71. The van der Waals surface area contributed by atoms with E-state index in [-0.39, 0.29) is 12.4 Å². The number of urea groups is 1. The summed E-state index contributed by atoms with van der Waals surface area (Å²) in [6.07, 6.45) is 0.916. The lowest BCUT2D eigenvalue weighted by molar-refractivity contribution is -0.148. The molecule has 2 N–H and O–H groups in total. The molecule has 0 radical (unpaired) electrons. The van der Waals surface area contributed by atoms with Crippen molar-refractivity contribution in [3.8, 4) is 0 Å². The molecule has 21 heavy (non-hydrogen) atoms. The van der Waals surface area contributed by atoms with Crippen LogP contribution in [0, 0.1) is 18.2 Å². The van der Waals surface area contributed by atoms with Gasteiger partial charge in [-0.3, -0.25) is 4.79 Å². The van der Waals surface area contributed by atoms with Gasteiger partial charge in [0.2, 0.25) is 0 Å². The Hall–Kier alpha value is -2.11. The van der Waals surface area contributed by atoms with E-state index < -0.39 is 17.4 Å². The maximum Gasteiger partial charge on any atom is 0.321 e. The van der Waals surface area contributed by atoms with E-state index in [1.165, 1.54) is 11.0 Å². The van der Waals surface area contributed by atoms with Crippen molar-refractivity contribution in [2.24, 2.45) is 5.41 Å². The zero-order valence-corrected chi connectivity index (χ0v) is 12.1. The lowest BCUT2D eigenvalue weighted by atomic mass is 9.84. The Kier molecular flexibility index (Phi) is 4.16. The summed E-state index contributed by atoms with van der Waals surface area (Å²) in [7, 11) is 0. The lowest BCUT2D eigenvalue weighted by Crippen LogP contribution is -2.38. The molecule has 1 unspecified atom stereocenters. The number of aryl methyl sites for hydroxylation is 1. The van der Waals surface area contributed by atoms with Crippen LogP contribution in [-0.4, -0.2) is 35.1 Å². The Morgan fingerprint density at radius 3 is 2.71 bits per heavy atom. The molecule has 0 saturated carbocycles. The van der Waals surface area contributed by atoms with E-state index in [9.17, 15) is 19.1 Å². The largest absolute Gasteiger partial charge is 0.481 e. The van der Waals surface area contributed by atoms with Crippen molar-refractivity contribution in [1.82, 2.24) is 4.90 Å². The second-order valence-electron chi connectivity index (χ2n) is 5.50. The number of halogens is 1. The number of carboxylic acids is 1. The third-order valence-electron chi connectivity index (χ3n) is 4.19. The van der Waals surface area contributed by atoms with Gasteiger partial charge in [0.05, 0.1) is 5.41 Å². The minimum Gasteiger partial charge on any atom is -0.481 e. The molecular formula is C15H19FN2O3. The summed E-state index contributed by atoms with van der Waals surface area (Å²) in [6.45, 7) is 4.02. The normalized spacial score (nSPS) is 21.4. The Labute approximate surface area is 122 Å². The first kappa shape index (κ1) is 15.3. The first-order chi connectivity index (χ1) is 9.88. The van der Waals surface area contributed by atoms with Gasteiger partial charge in [0.1, 0.15) is 5.82 Å². The molecule has 1 aliphatic rings. The molecule has 6 heteroatoms. The number of anilines is 1. The van der Waals surface area contributed by atoms with Crippen LogP contribution in [0.25, 0.3) is 0 Å². The monoisotopic (exact) mass is 294 g/mol. The van der Waals surface area contributed by atoms with E-state index in [1.807, 2.05) is 6.92 Å². The number of aliphatic carboxylic acids is 1. The van der Waals surface area contributed by atoms with E-state index in [0.717, 1.165) is 0 Å². The third kappa shape index (κ3) is 2.99. The van der Waals surface area contributed by atoms with Crippen LogP contribution in [0.15, 0.2) is 18.2 Å². The number of carbonyl (C=O) groups is 2. The highest BCUT2D eigenvalue weighted by Crippen LogP contribution is 2.34. The summed E-state index contributed by atoms with van der Waals surface area (Å²) in [5, 5.41) is 11.9. The van der Waals surface area contributed by atoms with E-state index in [0.29, 0.717) is 30.6 Å². The summed E-state index contributed by atoms with van der Waals surface area (Å²) in [5.41, 5.74) is 0.00745. The van der Waals surface area contributed by atoms with Gasteiger partial charge in [-0.15, -0.1) is 0 Å². The number of carboxylic acid groups (broad SMARTS) is 1. The quantitative estimate of drug-likeness (QED) is 0.900. The maximum atomic E-state index is 13.4. The van der Waals surface area contributed by atoms with Gasteiger partial charge in [0.25, 0.3) is 0 Å². The average Bonchev–Trinajstić information content (AvgIpc) is 2.89. The Morgan fingerprint density at radius 2 is 2.19 bits per heavy atom. The van der Waals surface area contributed by atoms with Crippen LogP contribution in [-0.2, 0) is 4.79 Å². The molecule has 1 atom stereocenters. The summed E-state index contributed by atoms with van der Waals surface area (Å²) >= 11 is 0. The van der Waals surface area contributed by atoms with E-state index in [4.69, 9.17) is 0 Å². The van der Waals surface area contributed by atoms with Crippen molar-refractivity contribution < 1.29 is 19.1 Å². The van der Waals surface area contributed by atoms with E-state index in [2.05, 4.69) is 5.32 Å². The fraction of sp³-hybridized carbons (Fsp3) is 0.467. The fourth-order valence-corrected chi connectivity index (χ4v) is 2.53. The number of nitrogens with zero attached hydrogens (tertiary/aromatic N) is 1. The Morgan fingerprint density at radius 1 is 1.48 bits per heavy atom. The van der Waals surface area contributed by atoms with Gasteiger partial charge in [-0.05, 0) is 37.5 Å². The van der Waals surface area contributed by atoms with Gasteiger partial charge in [-0.25, -0.2) is 9.18 Å². The fourth-order valence-electron chi connectivity index (χ4n) is 2.53. The van der Waals surface area contributed by atoms with Gasteiger partial charge in [-0.1, -0.05) is 13.0 Å². The first-order valence-corrected chi connectivity index (χ1v) is 6.93. The SMILES string of the molecule is CCC1(C(=O)O)CCN(C(=O)Nc2ccc(C)c(F)c2)C1. The predicted octanol–water partition coefficient (Wildman–Crippen LogP) is 2.85. The molecule has 2 rings (SSSR count). The van der Waals surface area contributed by atoms with Crippen molar-refractivity contribution in [2.45, 2.75) is 26.7 Å². The predicted molar refractivity (Wildman–Crippen MR) is 76.7 cm³/mol. The molecule has 0 bridgehead atoms. The van der Waals surface area contributed by atoms with Crippen LogP contribution in [0.3, 0.4) is 0 Å². The van der Waals surface area contributed by atoms with Crippen molar-refractivity contribution in [3.63, 3.8) is 0 Å². The molecule has 1 aromatic rings. The van der Waals surface area contributed by atoms with Crippen LogP contribution in [0.2, 0.25) is 0 Å². The molecular weight excluding hydrogens is 275 g/mol. The zero-order valence-electron chi connectivity index (χ0n) is 12.1. The van der Waals surface area contributed by atoms with Crippen LogP contribution >= 0.6 is 0 Å².